The number of benzene rings is 1. The van der Waals surface area contributed by atoms with Crippen LogP contribution in [-0.2, 0) is 0 Å². The van der Waals surface area contributed by atoms with Crippen LogP contribution in [0.25, 0.3) is 11.0 Å². The fourth-order valence-electron chi connectivity index (χ4n) is 1.82. The molecule has 0 saturated carbocycles. The predicted octanol–water partition coefficient (Wildman–Crippen LogP) is 3.01. The highest BCUT2D eigenvalue weighted by Gasteiger charge is 2.14. The van der Waals surface area contributed by atoms with E-state index >= 15 is 0 Å². The summed E-state index contributed by atoms with van der Waals surface area (Å²) in [7, 11) is 0. The highest BCUT2D eigenvalue weighted by molar-refractivity contribution is 8.01. The summed E-state index contributed by atoms with van der Waals surface area (Å²) in [6.07, 6.45) is 0. The van der Waals surface area contributed by atoms with Gasteiger partial charge < -0.3 is 4.42 Å². The molecular weight excluding hydrogens is 322 g/mol. The number of rotatable bonds is 4. The van der Waals surface area contributed by atoms with Gasteiger partial charge in [0.15, 0.2) is 15.5 Å². The van der Waals surface area contributed by atoms with Crippen LogP contribution in [0.5, 0.6) is 0 Å². The first-order valence-corrected chi connectivity index (χ1v) is 8.28. The molecule has 8 heteroatoms. The van der Waals surface area contributed by atoms with Crippen LogP contribution >= 0.6 is 23.1 Å². The van der Waals surface area contributed by atoms with Crippen molar-refractivity contribution in [1.82, 2.24) is 10.2 Å². The molecule has 2 aromatic heterocycles. The van der Waals surface area contributed by atoms with Crippen molar-refractivity contribution in [3.05, 3.63) is 46.3 Å². The third kappa shape index (κ3) is 3.02. The van der Waals surface area contributed by atoms with Gasteiger partial charge in [0.05, 0.1) is 5.39 Å². The highest BCUT2D eigenvalue weighted by Crippen LogP contribution is 2.25. The zero-order chi connectivity index (χ0) is 15.5. The molecule has 0 atom stereocenters. The molecule has 0 aliphatic carbocycles. The van der Waals surface area contributed by atoms with Crippen molar-refractivity contribution in [1.29, 1.82) is 0 Å². The molecule has 1 amide bonds. The Morgan fingerprint density at radius 3 is 3.00 bits per heavy atom. The molecule has 0 unspecified atom stereocenters. The maximum atomic E-state index is 12.2. The van der Waals surface area contributed by atoms with Crippen molar-refractivity contribution in [2.45, 2.75) is 11.3 Å². The van der Waals surface area contributed by atoms with Gasteiger partial charge in [-0.15, -0.1) is 10.2 Å². The van der Waals surface area contributed by atoms with E-state index < -0.39 is 5.91 Å². The largest absolute Gasteiger partial charge is 0.451 e. The van der Waals surface area contributed by atoms with Crippen LogP contribution in [0.4, 0.5) is 5.13 Å². The molecule has 0 aliphatic heterocycles. The minimum absolute atomic E-state index is 0.0522. The summed E-state index contributed by atoms with van der Waals surface area (Å²) >= 11 is 2.82. The van der Waals surface area contributed by atoms with E-state index in [2.05, 4.69) is 15.5 Å². The third-order valence-electron chi connectivity index (χ3n) is 2.75. The van der Waals surface area contributed by atoms with E-state index in [4.69, 9.17) is 4.42 Å². The summed E-state index contributed by atoms with van der Waals surface area (Å²) in [5.41, 5.74) is 0.117. The molecule has 0 bridgehead atoms. The Morgan fingerprint density at radius 2 is 2.18 bits per heavy atom. The monoisotopic (exact) mass is 333 g/mol. The number of nitrogens with one attached hydrogen (secondary N) is 1. The molecule has 1 N–H and O–H groups in total. The van der Waals surface area contributed by atoms with Crippen LogP contribution in [0.1, 0.15) is 17.5 Å². The first-order valence-electron chi connectivity index (χ1n) is 6.48. The Balaban J connectivity index is 1.86. The number of hydrogen-bond acceptors (Lipinski definition) is 7. The van der Waals surface area contributed by atoms with Gasteiger partial charge in [-0.25, -0.2) is 0 Å². The summed E-state index contributed by atoms with van der Waals surface area (Å²) in [5, 5.41) is 11.2. The molecule has 6 nitrogen and oxygen atoms in total. The number of amides is 1. The maximum Gasteiger partial charge on any atom is 0.293 e. The molecule has 22 heavy (non-hydrogen) atoms. The zero-order valence-electron chi connectivity index (χ0n) is 11.5. The Hall–Kier alpha value is -2.19. The molecule has 2 heterocycles. The molecule has 0 fully saturated rings. The predicted molar refractivity (Wildman–Crippen MR) is 86.7 cm³/mol. The fraction of sp³-hybridized carbons (Fsp3) is 0.143. The van der Waals surface area contributed by atoms with E-state index in [1.54, 1.807) is 36.0 Å². The van der Waals surface area contributed by atoms with Crippen LogP contribution < -0.4 is 10.7 Å². The van der Waals surface area contributed by atoms with Crippen molar-refractivity contribution in [3.8, 4) is 0 Å². The Bertz CT molecular complexity index is 888. The number of fused-ring (bicyclic) bond motifs is 1. The van der Waals surface area contributed by atoms with Crippen molar-refractivity contribution in [2.75, 3.05) is 11.1 Å². The third-order valence-corrected chi connectivity index (χ3v) is 4.61. The van der Waals surface area contributed by atoms with Gasteiger partial charge in [-0.3, -0.25) is 14.9 Å². The minimum Gasteiger partial charge on any atom is -0.451 e. The van der Waals surface area contributed by atoms with E-state index in [1.165, 1.54) is 17.4 Å². The number of thioether (sulfide) groups is 1. The molecule has 3 rings (SSSR count). The first-order chi connectivity index (χ1) is 10.7. The average Bonchev–Trinajstić information content (AvgIpc) is 2.95. The van der Waals surface area contributed by atoms with E-state index in [0.29, 0.717) is 16.1 Å². The summed E-state index contributed by atoms with van der Waals surface area (Å²) in [6.45, 7) is 2.01. The summed E-state index contributed by atoms with van der Waals surface area (Å²) < 4.78 is 6.25. The van der Waals surface area contributed by atoms with Crippen LogP contribution in [-0.4, -0.2) is 21.9 Å². The van der Waals surface area contributed by atoms with Gasteiger partial charge >= 0.3 is 0 Å². The Morgan fingerprint density at radius 1 is 1.36 bits per heavy atom. The number of carbonyl (C=O) groups excluding carboxylic acids is 1. The van der Waals surface area contributed by atoms with E-state index in [0.717, 1.165) is 10.1 Å². The van der Waals surface area contributed by atoms with Crippen LogP contribution in [0, 0.1) is 0 Å². The second kappa shape index (κ2) is 6.29. The number of anilines is 1. The van der Waals surface area contributed by atoms with Gasteiger partial charge in [-0.2, -0.15) is 0 Å². The molecule has 1 aromatic carbocycles. The molecule has 0 radical (unpaired) electrons. The SMILES string of the molecule is CCSc1nnc(NC(=O)c2cc(=O)c3ccccc3o2)s1. The van der Waals surface area contributed by atoms with Gasteiger partial charge in [-0.05, 0) is 17.9 Å². The lowest BCUT2D eigenvalue weighted by Crippen LogP contribution is -2.14. The minimum atomic E-state index is -0.521. The van der Waals surface area contributed by atoms with E-state index in [-0.39, 0.29) is 11.2 Å². The molecule has 3 aromatic rings. The Labute approximate surface area is 133 Å². The number of aromatic nitrogens is 2. The highest BCUT2D eigenvalue weighted by atomic mass is 32.2. The van der Waals surface area contributed by atoms with Gasteiger partial charge in [0.25, 0.3) is 5.91 Å². The molecule has 0 saturated heterocycles. The van der Waals surface area contributed by atoms with Crippen LogP contribution in [0.2, 0.25) is 0 Å². The zero-order valence-corrected chi connectivity index (χ0v) is 13.2. The van der Waals surface area contributed by atoms with Crippen molar-refractivity contribution >= 4 is 45.1 Å². The quantitative estimate of drug-likeness (QED) is 0.583. The summed E-state index contributed by atoms with van der Waals surface area (Å²) in [6, 6.07) is 7.97. The first kappa shape index (κ1) is 14.7. The number of hydrogen-bond donors (Lipinski definition) is 1. The molecule has 112 valence electrons. The topological polar surface area (TPSA) is 85.1 Å². The molecule has 0 aliphatic rings. The lowest BCUT2D eigenvalue weighted by atomic mass is 10.2. The van der Waals surface area contributed by atoms with E-state index in [1.807, 2.05) is 6.92 Å². The van der Waals surface area contributed by atoms with E-state index in [9.17, 15) is 9.59 Å². The van der Waals surface area contributed by atoms with Crippen molar-refractivity contribution in [2.24, 2.45) is 0 Å². The second-order valence-electron chi connectivity index (χ2n) is 4.23. The average molecular weight is 333 g/mol. The number of carbonyl (C=O) groups is 1. The van der Waals surface area contributed by atoms with Crippen LogP contribution in [0.15, 0.2) is 43.9 Å². The molecule has 0 spiro atoms. The van der Waals surface area contributed by atoms with Crippen LogP contribution in [0.3, 0.4) is 0 Å². The number of para-hydroxylation sites is 1. The van der Waals surface area contributed by atoms with Gasteiger partial charge in [0.2, 0.25) is 5.13 Å². The molecular formula is C14H11N3O3S2. The maximum absolute atomic E-state index is 12.2. The smallest absolute Gasteiger partial charge is 0.293 e. The summed E-state index contributed by atoms with van der Waals surface area (Å²) in [5.74, 6) is 0.304. The van der Waals surface area contributed by atoms with Crippen molar-refractivity contribution in [3.63, 3.8) is 0 Å². The fourth-order valence-corrected chi connectivity index (χ4v) is 3.46. The standard InChI is InChI=1S/C14H11N3O3S2/c1-2-21-14-17-16-13(22-14)15-12(19)11-7-9(18)8-5-3-4-6-10(8)20-11/h3-7H,2H2,1H3,(H,15,16,19). The second-order valence-corrected chi connectivity index (χ2v) is 6.72. The lowest BCUT2D eigenvalue weighted by Gasteiger charge is -2.02. The van der Waals surface area contributed by atoms with Gasteiger partial charge in [0.1, 0.15) is 5.58 Å². The number of nitrogens with zero attached hydrogens (tertiary/aromatic N) is 2. The van der Waals surface area contributed by atoms with Gasteiger partial charge in [-0.1, -0.05) is 42.2 Å². The lowest BCUT2D eigenvalue weighted by molar-refractivity contribution is 0.0997. The van der Waals surface area contributed by atoms with Gasteiger partial charge in [0, 0.05) is 6.07 Å². The normalized spacial score (nSPS) is 10.8. The Kier molecular flexibility index (Phi) is 4.21. The van der Waals surface area contributed by atoms with Crippen molar-refractivity contribution < 1.29 is 9.21 Å². The summed E-state index contributed by atoms with van der Waals surface area (Å²) in [4.78, 5) is 24.1.